The Bertz CT molecular complexity index is 690. The molecule has 140 valence electrons. The Morgan fingerprint density at radius 1 is 1.31 bits per heavy atom. The Balaban J connectivity index is 1.66. The number of non-ortho nitro benzene ring substituents is 1. The molecule has 1 fully saturated rings. The first-order valence-electron chi connectivity index (χ1n) is 7.91. The number of esters is 1. The van der Waals surface area contributed by atoms with Crippen LogP contribution in [0.3, 0.4) is 0 Å². The van der Waals surface area contributed by atoms with Crippen molar-refractivity contribution >= 4 is 35.2 Å². The highest BCUT2D eigenvalue weighted by Gasteiger charge is 2.24. The SMILES string of the molecule is CN(CC(=O)NC1CC1)C(=O)COC(=O)CSc1ccc([N+](=O)[O-])cc1. The first kappa shape index (κ1) is 19.7. The Hall–Kier alpha value is -2.62. The molecule has 0 bridgehead atoms. The maximum atomic E-state index is 11.9. The van der Waals surface area contributed by atoms with E-state index < -0.39 is 23.4 Å². The average molecular weight is 381 g/mol. The van der Waals surface area contributed by atoms with Crippen LogP contribution in [0, 0.1) is 10.1 Å². The number of nitro groups is 1. The van der Waals surface area contributed by atoms with Crippen LogP contribution in [0.2, 0.25) is 0 Å². The van der Waals surface area contributed by atoms with E-state index in [-0.39, 0.29) is 29.9 Å². The van der Waals surface area contributed by atoms with Gasteiger partial charge in [0.05, 0.1) is 17.2 Å². The van der Waals surface area contributed by atoms with Gasteiger partial charge in [0.1, 0.15) is 0 Å². The van der Waals surface area contributed by atoms with Gasteiger partial charge in [-0.15, -0.1) is 11.8 Å². The summed E-state index contributed by atoms with van der Waals surface area (Å²) in [6.45, 7) is -0.517. The third-order valence-corrected chi connectivity index (χ3v) is 4.50. The third kappa shape index (κ3) is 6.71. The standard InChI is InChI=1S/C16H19N3O6S/c1-18(8-14(20)17-11-2-3-11)15(21)9-25-16(22)10-26-13-6-4-12(5-7-13)19(23)24/h4-7,11H,2-3,8-10H2,1H3,(H,17,20). The lowest BCUT2D eigenvalue weighted by molar-refractivity contribution is -0.384. The van der Waals surface area contributed by atoms with Crippen molar-refractivity contribution in [3.05, 3.63) is 34.4 Å². The van der Waals surface area contributed by atoms with Crippen LogP contribution >= 0.6 is 11.8 Å². The summed E-state index contributed by atoms with van der Waals surface area (Å²) < 4.78 is 4.89. The lowest BCUT2D eigenvalue weighted by Gasteiger charge is -2.16. The summed E-state index contributed by atoms with van der Waals surface area (Å²) in [6, 6.07) is 5.99. The number of hydrogen-bond donors (Lipinski definition) is 1. The molecule has 10 heteroatoms. The lowest BCUT2D eigenvalue weighted by atomic mass is 10.3. The van der Waals surface area contributed by atoms with Gasteiger partial charge in [-0.25, -0.2) is 0 Å². The molecule has 2 amide bonds. The predicted octanol–water partition coefficient (Wildman–Crippen LogP) is 0.967. The minimum Gasteiger partial charge on any atom is -0.455 e. The predicted molar refractivity (Wildman–Crippen MR) is 93.6 cm³/mol. The quantitative estimate of drug-likeness (QED) is 0.293. The topological polar surface area (TPSA) is 119 Å². The summed E-state index contributed by atoms with van der Waals surface area (Å²) in [4.78, 5) is 47.1. The molecule has 26 heavy (non-hydrogen) atoms. The van der Waals surface area contributed by atoms with Crippen LogP contribution in [0.1, 0.15) is 12.8 Å². The van der Waals surface area contributed by atoms with Gasteiger partial charge >= 0.3 is 5.97 Å². The Kier molecular flexibility index (Phi) is 6.96. The van der Waals surface area contributed by atoms with Gasteiger partial charge in [-0.2, -0.15) is 0 Å². The molecule has 1 aliphatic rings. The van der Waals surface area contributed by atoms with E-state index in [1.807, 2.05) is 0 Å². The van der Waals surface area contributed by atoms with Gasteiger partial charge in [-0.05, 0) is 25.0 Å². The monoisotopic (exact) mass is 381 g/mol. The number of likely N-dealkylation sites (N-methyl/N-ethyl adjacent to an activating group) is 1. The zero-order valence-corrected chi connectivity index (χ0v) is 15.0. The first-order valence-corrected chi connectivity index (χ1v) is 8.90. The Morgan fingerprint density at radius 3 is 2.54 bits per heavy atom. The summed E-state index contributed by atoms with van der Waals surface area (Å²) in [5, 5.41) is 13.3. The van der Waals surface area contributed by atoms with E-state index in [1.165, 1.54) is 36.2 Å². The molecule has 2 rings (SSSR count). The largest absolute Gasteiger partial charge is 0.455 e. The minimum atomic E-state index is -0.586. The number of thioether (sulfide) groups is 1. The Labute approximate surface area is 154 Å². The molecule has 0 radical (unpaired) electrons. The number of carbonyl (C=O) groups excluding carboxylic acids is 3. The highest BCUT2D eigenvalue weighted by molar-refractivity contribution is 8.00. The number of nitrogens with one attached hydrogen (secondary N) is 1. The molecule has 9 nitrogen and oxygen atoms in total. The van der Waals surface area contributed by atoms with Crippen molar-refractivity contribution < 1.29 is 24.0 Å². The van der Waals surface area contributed by atoms with Crippen molar-refractivity contribution in [2.75, 3.05) is 26.0 Å². The molecule has 0 atom stereocenters. The van der Waals surface area contributed by atoms with E-state index in [1.54, 1.807) is 0 Å². The van der Waals surface area contributed by atoms with Crippen LogP contribution in [0.25, 0.3) is 0 Å². The summed E-state index contributed by atoms with van der Waals surface area (Å²) in [6.07, 6.45) is 1.93. The normalized spacial score (nSPS) is 13.0. The smallest absolute Gasteiger partial charge is 0.316 e. The lowest BCUT2D eigenvalue weighted by Crippen LogP contribution is -2.40. The number of nitro benzene ring substituents is 1. The second kappa shape index (κ2) is 9.18. The van der Waals surface area contributed by atoms with Crippen LogP contribution in [0.15, 0.2) is 29.2 Å². The summed E-state index contributed by atoms with van der Waals surface area (Å²) in [5.74, 6) is -1.32. The molecule has 1 aliphatic carbocycles. The number of carbonyl (C=O) groups is 3. The number of amides is 2. The zero-order valence-electron chi connectivity index (χ0n) is 14.2. The summed E-state index contributed by atoms with van der Waals surface area (Å²) in [5.41, 5.74) is -0.0312. The van der Waals surface area contributed by atoms with Crippen molar-refractivity contribution in [3.63, 3.8) is 0 Å². The molecule has 0 unspecified atom stereocenters. The highest BCUT2D eigenvalue weighted by atomic mass is 32.2. The highest BCUT2D eigenvalue weighted by Crippen LogP contribution is 2.21. The van der Waals surface area contributed by atoms with Gasteiger partial charge < -0.3 is 15.0 Å². The second-order valence-corrected chi connectivity index (χ2v) is 6.84. The van der Waals surface area contributed by atoms with E-state index in [2.05, 4.69) is 5.32 Å². The molecule has 0 aromatic heterocycles. The number of hydrogen-bond acceptors (Lipinski definition) is 7. The number of benzene rings is 1. The molecule has 1 N–H and O–H groups in total. The van der Waals surface area contributed by atoms with Crippen molar-refractivity contribution in [2.45, 2.75) is 23.8 Å². The average Bonchev–Trinajstić information content (AvgIpc) is 3.41. The fourth-order valence-electron chi connectivity index (χ4n) is 1.91. The van der Waals surface area contributed by atoms with Crippen LogP contribution in [0.4, 0.5) is 5.69 Å². The summed E-state index contributed by atoms with van der Waals surface area (Å²) >= 11 is 1.15. The molecule has 0 saturated heterocycles. The fraction of sp³-hybridized carbons (Fsp3) is 0.438. The third-order valence-electron chi connectivity index (χ3n) is 3.51. The van der Waals surface area contributed by atoms with Crippen LogP contribution in [0.5, 0.6) is 0 Å². The van der Waals surface area contributed by atoms with Crippen LogP contribution < -0.4 is 5.32 Å². The summed E-state index contributed by atoms with van der Waals surface area (Å²) in [7, 11) is 1.47. The molecular formula is C16H19N3O6S. The second-order valence-electron chi connectivity index (χ2n) is 5.79. The van der Waals surface area contributed by atoms with Crippen molar-refractivity contribution in [2.24, 2.45) is 0 Å². The van der Waals surface area contributed by atoms with E-state index in [0.29, 0.717) is 4.90 Å². The molecular weight excluding hydrogens is 362 g/mol. The zero-order chi connectivity index (χ0) is 19.1. The molecule has 0 aliphatic heterocycles. The Morgan fingerprint density at radius 2 is 1.96 bits per heavy atom. The number of rotatable bonds is 9. The van der Waals surface area contributed by atoms with E-state index in [9.17, 15) is 24.5 Å². The molecule has 0 heterocycles. The van der Waals surface area contributed by atoms with E-state index >= 15 is 0 Å². The van der Waals surface area contributed by atoms with Gasteiger partial charge in [-0.1, -0.05) is 0 Å². The van der Waals surface area contributed by atoms with Gasteiger partial charge in [0.2, 0.25) is 5.91 Å². The molecule has 1 aromatic carbocycles. The molecule has 1 aromatic rings. The van der Waals surface area contributed by atoms with Crippen molar-refractivity contribution in [1.29, 1.82) is 0 Å². The van der Waals surface area contributed by atoms with Crippen molar-refractivity contribution in [1.82, 2.24) is 10.2 Å². The van der Waals surface area contributed by atoms with E-state index in [0.717, 1.165) is 24.6 Å². The van der Waals surface area contributed by atoms with E-state index in [4.69, 9.17) is 4.74 Å². The maximum absolute atomic E-state index is 11.9. The molecule has 1 saturated carbocycles. The number of ether oxygens (including phenoxy) is 1. The van der Waals surface area contributed by atoms with Gasteiger partial charge in [0.25, 0.3) is 11.6 Å². The van der Waals surface area contributed by atoms with Gasteiger partial charge in [0.15, 0.2) is 6.61 Å². The fourth-order valence-corrected chi connectivity index (χ4v) is 2.60. The van der Waals surface area contributed by atoms with Crippen molar-refractivity contribution in [3.8, 4) is 0 Å². The van der Waals surface area contributed by atoms with Gasteiger partial charge in [-0.3, -0.25) is 24.5 Å². The van der Waals surface area contributed by atoms with Gasteiger partial charge in [0, 0.05) is 30.1 Å². The minimum absolute atomic E-state index is 0.0308. The van der Waals surface area contributed by atoms with Crippen LogP contribution in [-0.4, -0.2) is 59.6 Å². The molecule has 0 spiro atoms. The first-order chi connectivity index (χ1) is 12.3. The van der Waals surface area contributed by atoms with Crippen LogP contribution in [-0.2, 0) is 19.1 Å². The maximum Gasteiger partial charge on any atom is 0.316 e. The number of nitrogens with zero attached hydrogens (tertiary/aromatic N) is 2.